The van der Waals surface area contributed by atoms with Gasteiger partial charge in [-0.15, -0.1) is 0 Å². The molecule has 6 nitrogen and oxygen atoms in total. The monoisotopic (exact) mass is 530 g/mol. The first kappa shape index (κ1) is 24.7. The Morgan fingerprint density at radius 3 is 1.92 bits per heavy atom. The normalized spacial score (nSPS) is 11.2. The summed E-state index contributed by atoms with van der Waals surface area (Å²) in [5, 5.41) is 7.83. The van der Waals surface area contributed by atoms with Gasteiger partial charge in [0.2, 0.25) is 0 Å². The molecule has 192 valence electrons. The third kappa shape index (κ3) is 4.62. The van der Waals surface area contributed by atoms with Crippen LogP contribution < -0.4 is 10.1 Å². The molecule has 1 amide bonds. The van der Waals surface area contributed by atoms with Gasteiger partial charge in [0.25, 0.3) is 11.1 Å². The van der Waals surface area contributed by atoms with Gasteiger partial charge in [0, 0.05) is 35.1 Å². The molecule has 6 rings (SSSR count). The molecule has 1 N–H and O–H groups in total. The molecule has 0 atom stereocenters. The van der Waals surface area contributed by atoms with Crippen molar-refractivity contribution in [2.45, 2.75) is 13.8 Å². The van der Waals surface area contributed by atoms with Gasteiger partial charge in [0.15, 0.2) is 0 Å². The minimum atomic E-state index is -0.225. The van der Waals surface area contributed by atoms with Gasteiger partial charge in [-0.3, -0.25) is 4.79 Å². The lowest BCUT2D eigenvalue weighted by Gasteiger charge is -2.21. The molecule has 0 spiro atoms. The highest BCUT2D eigenvalue weighted by Crippen LogP contribution is 2.34. The van der Waals surface area contributed by atoms with Crippen LogP contribution >= 0.6 is 12.2 Å². The fourth-order valence-corrected chi connectivity index (χ4v) is 5.24. The number of fused-ring (bicyclic) bond motifs is 7. The summed E-state index contributed by atoms with van der Waals surface area (Å²) >= 11 is 5.36. The highest BCUT2D eigenvalue weighted by molar-refractivity contribution is 7.80. The second kappa shape index (κ2) is 10.3. The molecular formula is C32H26N4O2S. The van der Waals surface area contributed by atoms with Gasteiger partial charge in [-0.1, -0.05) is 48.5 Å². The SMILES string of the molecule is CCN(CC)C(=S)Oc1ccc(C(=O)Nc2ccc3nc4c5ccccc5c5ccccc5c4nc3c2)cc1. The minimum absolute atomic E-state index is 0.225. The largest absolute Gasteiger partial charge is 0.432 e. The number of nitrogens with zero attached hydrogens (tertiary/aromatic N) is 3. The number of rotatable bonds is 5. The zero-order valence-electron chi connectivity index (χ0n) is 21.6. The molecule has 0 fully saturated rings. The average Bonchev–Trinajstić information content (AvgIpc) is 2.97. The Kier molecular flexibility index (Phi) is 6.50. The number of amides is 1. The highest BCUT2D eigenvalue weighted by atomic mass is 32.1. The van der Waals surface area contributed by atoms with Crippen molar-refractivity contribution >= 4 is 72.6 Å². The van der Waals surface area contributed by atoms with Crippen molar-refractivity contribution in [2.75, 3.05) is 18.4 Å². The van der Waals surface area contributed by atoms with E-state index in [1.54, 1.807) is 24.3 Å². The van der Waals surface area contributed by atoms with Crippen LogP contribution in [0.15, 0.2) is 91.0 Å². The Balaban J connectivity index is 1.30. The average molecular weight is 531 g/mol. The number of nitrogens with one attached hydrogen (secondary N) is 1. The van der Waals surface area contributed by atoms with Crippen molar-refractivity contribution in [2.24, 2.45) is 0 Å². The number of aromatic nitrogens is 2. The fourth-order valence-electron chi connectivity index (χ4n) is 4.88. The summed E-state index contributed by atoms with van der Waals surface area (Å²) < 4.78 is 5.76. The van der Waals surface area contributed by atoms with Gasteiger partial charge >= 0.3 is 0 Å². The number of hydrogen-bond donors (Lipinski definition) is 1. The Morgan fingerprint density at radius 1 is 0.769 bits per heavy atom. The van der Waals surface area contributed by atoms with Crippen molar-refractivity contribution in [1.29, 1.82) is 0 Å². The van der Waals surface area contributed by atoms with Crippen LogP contribution in [0.5, 0.6) is 5.75 Å². The van der Waals surface area contributed by atoms with E-state index in [-0.39, 0.29) is 5.91 Å². The quantitative estimate of drug-likeness (QED) is 0.143. The maximum absolute atomic E-state index is 13.0. The van der Waals surface area contributed by atoms with E-state index in [4.69, 9.17) is 26.9 Å². The lowest BCUT2D eigenvalue weighted by molar-refractivity contribution is 0.102. The zero-order valence-corrected chi connectivity index (χ0v) is 22.5. The third-order valence-corrected chi connectivity index (χ3v) is 7.26. The Morgan fingerprint density at radius 2 is 1.33 bits per heavy atom. The van der Waals surface area contributed by atoms with Gasteiger partial charge < -0.3 is 15.0 Å². The molecule has 39 heavy (non-hydrogen) atoms. The van der Waals surface area contributed by atoms with E-state index in [9.17, 15) is 4.79 Å². The van der Waals surface area contributed by atoms with Gasteiger partial charge in [0.05, 0.1) is 22.1 Å². The number of thiocarbonyl (C=S) groups is 1. The van der Waals surface area contributed by atoms with Crippen LogP contribution in [0.3, 0.4) is 0 Å². The lowest BCUT2D eigenvalue weighted by atomic mass is 9.99. The molecule has 0 bridgehead atoms. The summed E-state index contributed by atoms with van der Waals surface area (Å²) in [5.41, 5.74) is 4.36. The van der Waals surface area contributed by atoms with E-state index >= 15 is 0 Å². The van der Waals surface area contributed by atoms with Crippen LogP contribution in [0.4, 0.5) is 5.69 Å². The molecule has 0 aliphatic carbocycles. The predicted molar refractivity (Wildman–Crippen MR) is 163 cm³/mol. The lowest BCUT2D eigenvalue weighted by Crippen LogP contribution is -2.32. The van der Waals surface area contributed by atoms with Gasteiger partial charge in [-0.25, -0.2) is 9.97 Å². The fraction of sp³-hybridized carbons (Fsp3) is 0.125. The molecule has 0 unspecified atom stereocenters. The predicted octanol–water partition coefficient (Wildman–Crippen LogP) is 7.35. The number of benzene rings is 5. The van der Waals surface area contributed by atoms with Crippen LogP contribution in [0.1, 0.15) is 24.2 Å². The zero-order chi connectivity index (χ0) is 26.9. The highest BCUT2D eigenvalue weighted by Gasteiger charge is 2.14. The second-order valence-corrected chi connectivity index (χ2v) is 9.58. The minimum Gasteiger partial charge on any atom is -0.432 e. The van der Waals surface area contributed by atoms with Crippen LogP contribution in [0, 0.1) is 0 Å². The second-order valence-electron chi connectivity index (χ2n) is 9.23. The molecule has 6 aromatic rings. The van der Waals surface area contributed by atoms with Gasteiger partial charge in [-0.2, -0.15) is 0 Å². The number of carbonyl (C=O) groups excluding carboxylic acids is 1. The van der Waals surface area contributed by atoms with Crippen molar-refractivity contribution in [3.8, 4) is 5.75 Å². The van der Waals surface area contributed by atoms with Crippen molar-refractivity contribution in [1.82, 2.24) is 14.9 Å². The van der Waals surface area contributed by atoms with Gasteiger partial charge in [0.1, 0.15) is 5.75 Å². The third-order valence-electron chi connectivity index (χ3n) is 6.92. The summed E-state index contributed by atoms with van der Waals surface area (Å²) in [6.07, 6.45) is 0. The first-order valence-corrected chi connectivity index (χ1v) is 13.4. The molecule has 1 aromatic heterocycles. The molecule has 0 aliphatic rings. The van der Waals surface area contributed by atoms with Crippen LogP contribution in [-0.4, -0.2) is 39.0 Å². The molecule has 0 saturated heterocycles. The van der Waals surface area contributed by atoms with Crippen LogP contribution in [0.25, 0.3) is 43.6 Å². The molecule has 0 aliphatic heterocycles. The summed E-state index contributed by atoms with van der Waals surface area (Å²) in [4.78, 5) is 25.0. The maximum Gasteiger partial charge on any atom is 0.264 e. The first-order valence-electron chi connectivity index (χ1n) is 12.9. The van der Waals surface area contributed by atoms with Crippen molar-refractivity contribution in [3.05, 3.63) is 96.6 Å². The summed E-state index contributed by atoms with van der Waals surface area (Å²) in [7, 11) is 0. The Bertz CT molecular complexity index is 1880. The molecular weight excluding hydrogens is 504 g/mol. The van der Waals surface area contributed by atoms with Gasteiger partial charge in [-0.05, 0) is 79.3 Å². The molecule has 5 aromatic carbocycles. The number of hydrogen-bond acceptors (Lipinski definition) is 5. The molecule has 1 heterocycles. The van der Waals surface area contributed by atoms with Crippen LogP contribution in [-0.2, 0) is 0 Å². The Labute approximate surface area is 231 Å². The first-order chi connectivity index (χ1) is 19.1. The van der Waals surface area contributed by atoms with E-state index in [0.29, 0.717) is 22.2 Å². The Hall–Kier alpha value is -4.62. The number of anilines is 1. The van der Waals surface area contributed by atoms with Crippen molar-refractivity contribution in [3.63, 3.8) is 0 Å². The molecule has 0 radical (unpaired) electrons. The van der Waals surface area contributed by atoms with E-state index in [1.807, 2.05) is 61.2 Å². The maximum atomic E-state index is 13.0. The number of carbonyl (C=O) groups is 1. The topological polar surface area (TPSA) is 67.3 Å². The summed E-state index contributed by atoms with van der Waals surface area (Å²) in [6, 6.07) is 29.1. The molecule has 0 saturated carbocycles. The van der Waals surface area contributed by atoms with E-state index in [0.717, 1.165) is 56.7 Å². The molecule has 7 heteroatoms. The summed E-state index contributed by atoms with van der Waals surface area (Å²) in [5.74, 6) is 0.369. The summed E-state index contributed by atoms with van der Waals surface area (Å²) in [6.45, 7) is 5.60. The number of ether oxygens (including phenoxy) is 1. The van der Waals surface area contributed by atoms with Crippen molar-refractivity contribution < 1.29 is 9.53 Å². The smallest absolute Gasteiger partial charge is 0.264 e. The van der Waals surface area contributed by atoms with E-state index in [2.05, 4.69) is 29.6 Å². The van der Waals surface area contributed by atoms with E-state index < -0.39 is 0 Å². The standard InChI is InChI=1S/C32H26N4O2S/c1-3-36(4-2)32(39)38-22-16-13-20(14-17-22)31(37)33-21-15-18-27-28(19-21)35-30-26-12-8-6-10-24(26)23-9-5-7-11-25(23)29(30)34-27/h5-19H,3-4H2,1-2H3,(H,33,37). The van der Waals surface area contributed by atoms with Crippen LogP contribution in [0.2, 0.25) is 0 Å². The van der Waals surface area contributed by atoms with E-state index in [1.165, 1.54) is 0 Å².